The summed E-state index contributed by atoms with van der Waals surface area (Å²) < 4.78 is 31.6. The van der Waals surface area contributed by atoms with Gasteiger partial charge in [0.05, 0.1) is 0 Å². The maximum Gasteiger partial charge on any atom is 2.00 e. The van der Waals surface area contributed by atoms with Gasteiger partial charge in [-0.05, 0) is 0 Å². The zero-order chi connectivity index (χ0) is 4.50. The van der Waals surface area contributed by atoms with Crippen molar-refractivity contribution in [2.24, 2.45) is 0 Å². The predicted molar refractivity (Wildman–Crippen MR) is 20.6 cm³/mol. The van der Waals surface area contributed by atoms with Gasteiger partial charge in [0, 0.05) is 0 Å². The second kappa shape index (κ2) is 5.45. The van der Waals surface area contributed by atoms with Crippen LogP contribution in [0.3, 0.4) is 0 Å². The Kier molecular flexibility index (Phi) is 12.3. The normalized spacial score (nSPS) is 8.29. The molecule has 5 nitrogen and oxygen atoms in total. The Morgan fingerprint density at radius 1 is 1.14 bits per heavy atom. The molecular formula is H2O5SSr. The van der Waals surface area contributed by atoms with Crippen molar-refractivity contribution >= 4 is 55.9 Å². The minimum absolute atomic E-state index is 0. The average Bonchev–Trinajstić information content (AvgIpc) is 0.722. The zero-order valence-corrected chi connectivity index (χ0v) is 7.53. The summed E-state index contributed by atoms with van der Waals surface area (Å²) in [5.41, 5.74) is 0. The molecule has 0 saturated carbocycles. The quantitative estimate of drug-likeness (QED) is 0.382. The Hall–Kier alpha value is 1.31. The zero-order valence-electron chi connectivity index (χ0n) is 3.23. The van der Waals surface area contributed by atoms with E-state index in [1.165, 1.54) is 0 Å². The van der Waals surface area contributed by atoms with E-state index in [1.54, 1.807) is 0 Å². The van der Waals surface area contributed by atoms with E-state index >= 15 is 0 Å². The topological polar surface area (TPSA) is 103 Å². The fourth-order valence-electron chi connectivity index (χ4n) is 0. The Morgan fingerprint density at radius 3 is 1.14 bits per heavy atom. The maximum absolute atomic E-state index is 8.74. The van der Waals surface area contributed by atoms with Crippen molar-refractivity contribution in [3.8, 4) is 0 Å². The fraction of sp³-hybridized carbons (Fsp3) is 0. The third kappa shape index (κ3) is 120. The van der Waals surface area contributed by atoms with Gasteiger partial charge in [-0.25, -0.2) is 0 Å². The number of rotatable bonds is 0. The molecule has 40 valence electrons. The second-order valence-electron chi connectivity index (χ2n) is 0.448. The van der Waals surface area contributed by atoms with E-state index in [1.807, 2.05) is 0 Å². The molecule has 0 aromatic rings. The van der Waals surface area contributed by atoms with E-state index in [0.29, 0.717) is 0 Å². The molecule has 0 unspecified atom stereocenters. The van der Waals surface area contributed by atoms with Gasteiger partial charge < -0.3 is 5.48 Å². The van der Waals surface area contributed by atoms with Crippen LogP contribution in [-0.2, 0) is 15.9 Å². The summed E-state index contributed by atoms with van der Waals surface area (Å²) in [5, 5.41) is 0. The molecule has 0 fully saturated rings. The third-order valence-corrected chi connectivity index (χ3v) is 0. The molecule has 0 saturated heterocycles. The summed E-state index contributed by atoms with van der Waals surface area (Å²) in [7, 11) is -4.67. The Morgan fingerprint density at radius 2 is 1.14 bits per heavy atom. The first-order chi connectivity index (χ1) is 2.00. The van der Waals surface area contributed by atoms with Crippen molar-refractivity contribution in [3.63, 3.8) is 0 Å². The summed E-state index contributed by atoms with van der Waals surface area (Å²) in [5.74, 6) is 0. The van der Waals surface area contributed by atoms with E-state index < -0.39 is 10.4 Å². The standard InChI is InChI=1S/H2O4S.O.Sr/c1-5(2,3)4;;/h(H2,1,2,3,4);;/q;-2;+2. The van der Waals surface area contributed by atoms with E-state index in [9.17, 15) is 0 Å². The second-order valence-corrected chi connectivity index (χ2v) is 1.34. The van der Waals surface area contributed by atoms with Crippen LogP contribution in [-0.4, -0.2) is 63.0 Å². The van der Waals surface area contributed by atoms with Gasteiger partial charge >= 0.3 is 55.9 Å². The van der Waals surface area contributed by atoms with Crippen LogP contribution in [0.15, 0.2) is 0 Å². The molecule has 0 aliphatic carbocycles. The molecule has 0 aliphatic heterocycles. The molecule has 7 heteroatoms. The minimum Gasteiger partial charge on any atom is -2.00 e. The van der Waals surface area contributed by atoms with Gasteiger partial charge in [-0.1, -0.05) is 0 Å². The predicted octanol–water partition coefficient (Wildman–Crippen LogP) is -1.15. The summed E-state index contributed by atoms with van der Waals surface area (Å²) in [6, 6.07) is 0. The van der Waals surface area contributed by atoms with Crippen LogP contribution in [0.5, 0.6) is 0 Å². The van der Waals surface area contributed by atoms with E-state index in [0.717, 1.165) is 0 Å². The van der Waals surface area contributed by atoms with Crippen molar-refractivity contribution in [2.45, 2.75) is 0 Å². The smallest absolute Gasteiger partial charge is 2.00 e. The van der Waals surface area contributed by atoms with Crippen molar-refractivity contribution in [1.82, 2.24) is 0 Å². The summed E-state index contributed by atoms with van der Waals surface area (Å²) in [6.45, 7) is 0. The summed E-state index contributed by atoms with van der Waals surface area (Å²) in [6.07, 6.45) is 0. The molecule has 2 N–H and O–H groups in total. The van der Waals surface area contributed by atoms with Gasteiger partial charge in [0.1, 0.15) is 0 Å². The van der Waals surface area contributed by atoms with Gasteiger partial charge in [-0.2, -0.15) is 8.42 Å². The first kappa shape index (κ1) is 15.7. The molecule has 0 rings (SSSR count). The fourth-order valence-corrected chi connectivity index (χ4v) is 0. The molecule has 0 amide bonds. The molecule has 7 heavy (non-hydrogen) atoms. The monoisotopic (exact) mass is 202 g/mol. The first-order valence-corrected chi connectivity index (χ1v) is 2.10. The van der Waals surface area contributed by atoms with Crippen molar-refractivity contribution in [1.29, 1.82) is 0 Å². The first-order valence-electron chi connectivity index (χ1n) is 0.698. The van der Waals surface area contributed by atoms with Crippen LogP contribution in [0.2, 0.25) is 0 Å². The SMILES string of the molecule is O=S(=O)(O)O.[O-2].[Sr+2]. The maximum atomic E-state index is 8.74. The molecule has 0 spiro atoms. The van der Waals surface area contributed by atoms with E-state index in [-0.39, 0.29) is 51.0 Å². The van der Waals surface area contributed by atoms with Crippen LogP contribution < -0.4 is 0 Å². The van der Waals surface area contributed by atoms with Crippen LogP contribution in [0, 0.1) is 0 Å². The van der Waals surface area contributed by atoms with Crippen LogP contribution >= 0.6 is 0 Å². The van der Waals surface area contributed by atoms with E-state index in [2.05, 4.69) is 0 Å². The van der Waals surface area contributed by atoms with Gasteiger partial charge in [-0.3, -0.25) is 9.11 Å². The molecule has 0 radical (unpaired) electrons. The van der Waals surface area contributed by atoms with Crippen LogP contribution in [0.25, 0.3) is 0 Å². The van der Waals surface area contributed by atoms with Crippen molar-refractivity contribution in [3.05, 3.63) is 0 Å². The van der Waals surface area contributed by atoms with Gasteiger partial charge in [0.25, 0.3) is 0 Å². The van der Waals surface area contributed by atoms with Crippen molar-refractivity contribution in [2.75, 3.05) is 0 Å². The van der Waals surface area contributed by atoms with Gasteiger partial charge in [0.15, 0.2) is 0 Å². The van der Waals surface area contributed by atoms with Gasteiger partial charge in [-0.15, -0.1) is 0 Å². The van der Waals surface area contributed by atoms with Crippen molar-refractivity contribution < 1.29 is 23.0 Å². The molecule has 0 aliphatic rings. The van der Waals surface area contributed by atoms with Crippen LogP contribution in [0.4, 0.5) is 0 Å². The Labute approximate surface area is 77.9 Å². The molecule has 0 aromatic heterocycles. The summed E-state index contributed by atoms with van der Waals surface area (Å²) in [4.78, 5) is 0. The Balaban J connectivity index is -0.0000000800. The number of hydrogen-bond donors (Lipinski definition) is 2. The largest absolute Gasteiger partial charge is 2.00 e. The average molecular weight is 202 g/mol. The minimum atomic E-state index is -4.67. The molecule has 0 bridgehead atoms. The van der Waals surface area contributed by atoms with Crippen LogP contribution in [0.1, 0.15) is 0 Å². The van der Waals surface area contributed by atoms with Gasteiger partial charge in [0.2, 0.25) is 0 Å². The van der Waals surface area contributed by atoms with E-state index in [4.69, 9.17) is 17.5 Å². The molecule has 0 aromatic carbocycles. The Bertz CT molecular complexity index is 91.2. The summed E-state index contributed by atoms with van der Waals surface area (Å²) >= 11 is 0. The molecule has 0 heterocycles. The molecular weight excluding hydrogens is 200 g/mol. The number of hydrogen-bond acceptors (Lipinski definition) is 2. The molecule has 0 atom stereocenters. The third-order valence-electron chi connectivity index (χ3n) is 0.